The van der Waals surface area contributed by atoms with E-state index in [0.717, 1.165) is 16.8 Å². The van der Waals surface area contributed by atoms with E-state index in [1.54, 1.807) is 6.20 Å². The highest BCUT2D eigenvalue weighted by Gasteiger charge is 2.13. The summed E-state index contributed by atoms with van der Waals surface area (Å²) in [5, 5.41) is 9.28. The van der Waals surface area contributed by atoms with Gasteiger partial charge in [0.2, 0.25) is 5.89 Å². The average Bonchev–Trinajstić information content (AvgIpc) is 3.20. The van der Waals surface area contributed by atoms with Crippen molar-refractivity contribution in [1.29, 1.82) is 5.26 Å². The van der Waals surface area contributed by atoms with Gasteiger partial charge in [-0.25, -0.2) is 9.78 Å². The maximum absolute atomic E-state index is 12.2. The van der Waals surface area contributed by atoms with Gasteiger partial charge >= 0.3 is 5.97 Å². The molecule has 0 radical (unpaired) electrons. The number of aromatic nitrogens is 1. The molecule has 2 aromatic carbocycles. The van der Waals surface area contributed by atoms with E-state index in [1.807, 2.05) is 79.7 Å². The number of nitriles is 1. The lowest BCUT2D eigenvalue weighted by atomic mass is 10.1. The van der Waals surface area contributed by atoms with Crippen LogP contribution in [0, 0.1) is 11.3 Å². The van der Waals surface area contributed by atoms with E-state index >= 15 is 0 Å². The molecule has 0 saturated heterocycles. The van der Waals surface area contributed by atoms with Gasteiger partial charge in [0.05, 0.1) is 6.20 Å². The number of anilines is 1. The van der Waals surface area contributed by atoms with Crippen molar-refractivity contribution in [2.24, 2.45) is 0 Å². The summed E-state index contributed by atoms with van der Waals surface area (Å²) < 4.78 is 10.8. The summed E-state index contributed by atoms with van der Waals surface area (Å²) in [6.07, 6.45) is 3.07. The minimum absolute atomic E-state index is 0.0903. The summed E-state index contributed by atoms with van der Waals surface area (Å²) in [6.45, 7) is -0.149. The molecule has 0 fully saturated rings. The topological polar surface area (TPSA) is 79.4 Å². The first-order valence-corrected chi connectivity index (χ1v) is 8.63. The van der Waals surface area contributed by atoms with Crippen molar-refractivity contribution in [2.75, 3.05) is 19.0 Å². The van der Waals surface area contributed by atoms with Crippen LogP contribution in [-0.2, 0) is 16.1 Å². The van der Waals surface area contributed by atoms with Crippen LogP contribution in [0.3, 0.4) is 0 Å². The molecule has 0 aliphatic heterocycles. The number of hydrogen-bond donors (Lipinski definition) is 0. The zero-order valence-corrected chi connectivity index (χ0v) is 15.6. The van der Waals surface area contributed by atoms with Crippen LogP contribution in [0.5, 0.6) is 0 Å². The van der Waals surface area contributed by atoms with Crippen LogP contribution < -0.4 is 4.90 Å². The van der Waals surface area contributed by atoms with Crippen LogP contribution in [0.2, 0.25) is 0 Å². The zero-order chi connectivity index (χ0) is 19.9. The van der Waals surface area contributed by atoms with Crippen molar-refractivity contribution in [3.05, 3.63) is 77.8 Å². The molecule has 0 aliphatic carbocycles. The predicted molar refractivity (Wildman–Crippen MR) is 106 cm³/mol. The molecule has 28 heavy (non-hydrogen) atoms. The van der Waals surface area contributed by atoms with Gasteiger partial charge in [-0.15, -0.1) is 0 Å². The number of oxazole rings is 1. The molecule has 0 aliphatic rings. The molecular formula is C22H19N3O3. The summed E-state index contributed by atoms with van der Waals surface area (Å²) in [7, 11) is 3.88. The van der Waals surface area contributed by atoms with Crippen molar-refractivity contribution < 1.29 is 13.9 Å². The smallest absolute Gasteiger partial charge is 0.349 e. The second-order valence-corrected chi connectivity index (χ2v) is 6.22. The van der Waals surface area contributed by atoms with Crippen molar-refractivity contribution in [1.82, 2.24) is 4.98 Å². The highest BCUT2D eigenvalue weighted by Crippen LogP contribution is 2.20. The van der Waals surface area contributed by atoms with Gasteiger partial charge in [0.25, 0.3) is 0 Å². The quantitative estimate of drug-likeness (QED) is 0.368. The first kappa shape index (κ1) is 18.9. The van der Waals surface area contributed by atoms with Gasteiger partial charge in [-0.2, -0.15) is 5.26 Å². The maximum Gasteiger partial charge on any atom is 0.349 e. The van der Waals surface area contributed by atoms with Crippen LogP contribution in [0.25, 0.3) is 17.4 Å². The van der Waals surface area contributed by atoms with Crippen LogP contribution in [0.15, 0.2) is 70.8 Å². The predicted octanol–water partition coefficient (Wildman–Crippen LogP) is 4.06. The Morgan fingerprint density at radius 1 is 1.18 bits per heavy atom. The van der Waals surface area contributed by atoms with Gasteiger partial charge in [-0.05, 0) is 23.8 Å². The van der Waals surface area contributed by atoms with E-state index in [9.17, 15) is 10.1 Å². The lowest BCUT2D eigenvalue weighted by Gasteiger charge is -2.11. The molecule has 0 saturated carbocycles. The number of carbonyl (C=O) groups is 1. The first-order valence-electron chi connectivity index (χ1n) is 8.63. The fraction of sp³-hybridized carbons (Fsp3) is 0.136. The van der Waals surface area contributed by atoms with Crippen molar-refractivity contribution in [3.8, 4) is 17.4 Å². The highest BCUT2D eigenvalue weighted by atomic mass is 16.5. The van der Waals surface area contributed by atoms with E-state index in [2.05, 4.69) is 4.98 Å². The van der Waals surface area contributed by atoms with E-state index in [0.29, 0.717) is 5.76 Å². The number of benzene rings is 2. The standard InChI is InChI=1S/C22H19N3O3/c1-25(2)19-10-8-16(9-11-19)12-18(13-23)22(26)27-15-21-24-14-20(28-21)17-6-4-3-5-7-17/h3-12,14H,15H2,1-2H3. The second-order valence-electron chi connectivity index (χ2n) is 6.22. The van der Waals surface area contributed by atoms with Gasteiger partial charge in [0.15, 0.2) is 12.4 Å². The molecule has 0 bridgehead atoms. The Labute approximate surface area is 163 Å². The monoisotopic (exact) mass is 373 g/mol. The molecule has 3 aromatic rings. The lowest BCUT2D eigenvalue weighted by molar-refractivity contribution is -0.140. The zero-order valence-electron chi connectivity index (χ0n) is 15.6. The summed E-state index contributed by atoms with van der Waals surface area (Å²) >= 11 is 0. The Kier molecular flexibility index (Phi) is 5.87. The minimum atomic E-state index is -0.723. The summed E-state index contributed by atoms with van der Waals surface area (Å²) in [5.74, 6) is 0.127. The normalized spacial score (nSPS) is 11.0. The Bertz CT molecular complexity index is 1010. The number of hydrogen-bond acceptors (Lipinski definition) is 6. The van der Waals surface area contributed by atoms with Crippen LogP contribution in [0.1, 0.15) is 11.5 Å². The lowest BCUT2D eigenvalue weighted by Crippen LogP contribution is -2.08. The molecule has 6 heteroatoms. The molecule has 0 amide bonds. The first-order chi connectivity index (χ1) is 13.6. The van der Waals surface area contributed by atoms with Crippen LogP contribution in [-0.4, -0.2) is 25.0 Å². The summed E-state index contributed by atoms with van der Waals surface area (Å²) in [4.78, 5) is 18.3. The minimum Gasteiger partial charge on any atom is -0.452 e. The number of nitrogens with zero attached hydrogens (tertiary/aromatic N) is 3. The van der Waals surface area contributed by atoms with Gasteiger partial charge in [0, 0.05) is 25.3 Å². The molecule has 0 spiro atoms. The third-order valence-electron chi connectivity index (χ3n) is 4.00. The summed E-state index contributed by atoms with van der Waals surface area (Å²) in [5.41, 5.74) is 2.55. The number of esters is 1. The second kappa shape index (κ2) is 8.69. The van der Waals surface area contributed by atoms with Gasteiger partial charge in [-0.1, -0.05) is 42.5 Å². The maximum atomic E-state index is 12.2. The van der Waals surface area contributed by atoms with Gasteiger partial charge in [0.1, 0.15) is 11.6 Å². The molecule has 6 nitrogen and oxygen atoms in total. The van der Waals surface area contributed by atoms with E-state index < -0.39 is 5.97 Å². The van der Waals surface area contributed by atoms with Crippen LogP contribution >= 0.6 is 0 Å². The third-order valence-corrected chi connectivity index (χ3v) is 4.00. The van der Waals surface area contributed by atoms with Crippen molar-refractivity contribution in [2.45, 2.75) is 6.61 Å². The Hall–Kier alpha value is -3.85. The third kappa shape index (κ3) is 4.65. The molecule has 0 atom stereocenters. The Morgan fingerprint density at radius 2 is 1.89 bits per heavy atom. The molecule has 3 rings (SSSR count). The van der Waals surface area contributed by atoms with Gasteiger partial charge < -0.3 is 14.1 Å². The molecule has 1 heterocycles. The molecule has 140 valence electrons. The van der Waals surface area contributed by atoms with E-state index in [1.165, 1.54) is 6.08 Å². The fourth-order valence-electron chi connectivity index (χ4n) is 2.49. The van der Waals surface area contributed by atoms with Crippen molar-refractivity contribution >= 4 is 17.7 Å². The fourth-order valence-corrected chi connectivity index (χ4v) is 2.49. The SMILES string of the molecule is CN(C)c1ccc(C=C(C#N)C(=O)OCc2ncc(-c3ccccc3)o2)cc1. The van der Waals surface area contributed by atoms with E-state index in [4.69, 9.17) is 9.15 Å². The molecular weight excluding hydrogens is 354 g/mol. The van der Waals surface area contributed by atoms with Crippen LogP contribution in [0.4, 0.5) is 5.69 Å². The number of carbonyl (C=O) groups excluding carboxylic acids is 1. The Morgan fingerprint density at radius 3 is 2.54 bits per heavy atom. The van der Waals surface area contributed by atoms with E-state index in [-0.39, 0.29) is 18.1 Å². The molecule has 0 N–H and O–H groups in total. The molecule has 1 aromatic heterocycles. The van der Waals surface area contributed by atoms with Gasteiger partial charge in [-0.3, -0.25) is 0 Å². The summed E-state index contributed by atoms with van der Waals surface area (Å²) in [6, 6.07) is 18.9. The van der Waals surface area contributed by atoms with Crippen molar-refractivity contribution in [3.63, 3.8) is 0 Å². The number of rotatable bonds is 6. The Balaban J connectivity index is 1.64. The highest BCUT2D eigenvalue weighted by molar-refractivity contribution is 5.97. The largest absolute Gasteiger partial charge is 0.452 e. The average molecular weight is 373 g/mol. The number of ether oxygens (including phenoxy) is 1. The molecule has 0 unspecified atom stereocenters.